The smallest absolute Gasteiger partial charge is 0.335 e. The van der Waals surface area contributed by atoms with Gasteiger partial charge in [0.15, 0.2) is 0 Å². The van der Waals surface area contributed by atoms with Gasteiger partial charge in [0.1, 0.15) is 5.57 Å². The molecule has 3 rings (SSSR count). The molecule has 4 amide bonds. The molecule has 2 aromatic rings. The molecule has 116 valence electrons. The maximum Gasteiger partial charge on any atom is 0.335 e. The molecule has 6 nitrogen and oxygen atoms in total. The van der Waals surface area contributed by atoms with Crippen LogP contribution >= 0.6 is 0 Å². The lowest BCUT2D eigenvalue weighted by atomic mass is 10.1. The second-order valence-electron chi connectivity index (χ2n) is 5.29. The molecular weight excluding hydrogens is 294 g/mol. The standard InChI is InChI=1S/C17H15N3O3/c1-11-6-3-4-8-14(11)20-16(22)13(15(21)18-17(20)23)10-12-7-5-9-19(12)2/h3-10H,1-2H3,(H,18,21,23)/b13-10+. The summed E-state index contributed by atoms with van der Waals surface area (Å²) in [6.07, 6.45) is 3.29. The molecule has 0 saturated carbocycles. The lowest BCUT2D eigenvalue weighted by Gasteiger charge is -2.27. The maximum absolute atomic E-state index is 12.7. The average molecular weight is 309 g/mol. The summed E-state index contributed by atoms with van der Waals surface area (Å²) in [6, 6.07) is 9.87. The van der Waals surface area contributed by atoms with Crippen LogP contribution in [0.4, 0.5) is 10.5 Å². The molecule has 0 unspecified atom stereocenters. The summed E-state index contributed by atoms with van der Waals surface area (Å²) in [5.41, 5.74) is 1.85. The van der Waals surface area contributed by atoms with Gasteiger partial charge in [-0.05, 0) is 36.8 Å². The number of amides is 4. The fourth-order valence-electron chi connectivity index (χ4n) is 2.46. The van der Waals surface area contributed by atoms with Gasteiger partial charge in [0.05, 0.1) is 5.69 Å². The molecule has 1 saturated heterocycles. The van der Waals surface area contributed by atoms with Crippen molar-refractivity contribution in [1.29, 1.82) is 0 Å². The van der Waals surface area contributed by atoms with Crippen LogP contribution in [0.1, 0.15) is 11.3 Å². The van der Waals surface area contributed by atoms with E-state index in [0.717, 1.165) is 10.5 Å². The van der Waals surface area contributed by atoms with Crippen molar-refractivity contribution >= 4 is 29.6 Å². The number of anilines is 1. The Hall–Kier alpha value is -3.15. The molecule has 1 N–H and O–H groups in total. The lowest BCUT2D eigenvalue weighted by Crippen LogP contribution is -2.54. The van der Waals surface area contributed by atoms with Gasteiger partial charge in [-0.2, -0.15) is 0 Å². The molecule has 1 aromatic heterocycles. The summed E-state index contributed by atoms with van der Waals surface area (Å²) >= 11 is 0. The van der Waals surface area contributed by atoms with Gasteiger partial charge in [0.2, 0.25) is 0 Å². The Kier molecular flexibility index (Phi) is 3.57. The van der Waals surface area contributed by atoms with Crippen LogP contribution in [-0.4, -0.2) is 22.4 Å². The van der Waals surface area contributed by atoms with E-state index in [2.05, 4.69) is 5.32 Å². The van der Waals surface area contributed by atoms with Crippen LogP contribution in [0.15, 0.2) is 48.2 Å². The lowest BCUT2D eigenvalue weighted by molar-refractivity contribution is -0.122. The van der Waals surface area contributed by atoms with Crippen LogP contribution in [0.5, 0.6) is 0 Å². The van der Waals surface area contributed by atoms with Crippen molar-refractivity contribution < 1.29 is 14.4 Å². The third-order valence-electron chi connectivity index (χ3n) is 3.73. The highest BCUT2D eigenvalue weighted by Crippen LogP contribution is 2.24. The molecule has 1 aliphatic rings. The highest BCUT2D eigenvalue weighted by molar-refractivity contribution is 6.39. The van der Waals surface area contributed by atoms with Crippen LogP contribution in [0, 0.1) is 6.92 Å². The topological polar surface area (TPSA) is 71.4 Å². The van der Waals surface area contributed by atoms with E-state index in [4.69, 9.17) is 0 Å². The number of para-hydroxylation sites is 1. The number of carbonyl (C=O) groups excluding carboxylic acids is 3. The van der Waals surface area contributed by atoms with Crippen molar-refractivity contribution in [2.45, 2.75) is 6.92 Å². The minimum atomic E-state index is -0.738. The first-order chi connectivity index (χ1) is 11.0. The maximum atomic E-state index is 12.7. The number of rotatable bonds is 2. The summed E-state index contributed by atoms with van der Waals surface area (Å²) < 4.78 is 1.78. The highest BCUT2D eigenvalue weighted by atomic mass is 16.2. The Morgan fingerprint density at radius 2 is 1.78 bits per heavy atom. The third-order valence-corrected chi connectivity index (χ3v) is 3.73. The van der Waals surface area contributed by atoms with Crippen LogP contribution in [0.2, 0.25) is 0 Å². The van der Waals surface area contributed by atoms with E-state index in [-0.39, 0.29) is 5.57 Å². The number of aromatic nitrogens is 1. The first kappa shape index (κ1) is 14.8. The fourth-order valence-corrected chi connectivity index (χ4v) is 2.46. The van der Waals surface area contributed by atoms with Gasteiger partial charge in [-0.1, -0.05) is 18.2 Å². The van der Waals surface area contributed by atoms with Gasteiger partial charge in [0, 0.05) is 18.9 Å². The molecule has 1 aromatic carbocycles. The van der Waals surface area contributed by atoms with Crippen molar-refractivity contribution in [3.05, 3.63) is 59.4 Å². The van der Waals surface area contributed by atoms with Gasteiger partial charge in [-0.3, -0.25) is 14.9 Å². The van der Waals surface area contributed by atoms with Crippen LogP contribution < -0.4 is 10.2 Å². The number of hydrogen-bond donors (Lipinski definition) is 1. The van der Waals surface area contributed by atoms with Crippen LogP contribution in [0.3, 0.4) is 0 Å². The number of barbiturate groups is 1. The van der Waals surface area contributed by atoms with Gasteiger partial charge in [-0.15, -0.1) is 0 Å². The zero-order valence-electron chi connectivity index (χ0n) is 12.7. The van der Waals surface area contributed by atoms with E-state index in [0.29, 0.717) is 11.4 Å². The van der Waals surface area contributed by atoms with E-state index in [1.807, 2.05) is 25.4 Å². The van der Waals surface area contributed by atoms with E-state index in [1.54, 1.807) is 35.8 Å². The fraction of sp³-hybridized carbons (Fsp3) is 0.118. The first-order valence-corrected chi connectivity index (χ1v) is 7.07. The van der Waals surface area contributed by atoms with Crippen molar-refractivity contribution in [2.75, 3.05) is 4.90 Å². The predicted molar refractivity (Wildman–Crippen MR) is 85.6 cm³/mol. The largest absolute Gasteiger partial charge is 0.351 e. The van der Waals surface area contributed by atoms with E-state index >= 15 is 0 Å². The number of aryl methyl sites for hydroxylation is 2. The van der Waals surface area contributed by atoms with Gasteiger partial charge in [-0.25, -0.2) is 9.69 Å². The van der Waals surface area contributed by atoms with Crippen LogP contribution in [-0.2, 0) is 16.6 Å². The summed E-state index contributed by atoms with van der Waals surface area (Å²) in [5.74, 6) is -1.32. The van der Waals surface area contributed by atoms with Crippen molar-refractivity contribution in [1.82, 2.24) is 9.88 Å². The Labute approximate surface area is 133 Å². The minimum Gasteiger partial charge on any atom is -0.351 e. The number of nitrogens with zero attached hydrogens (tertiary/aromatic N) is 2. The molecule has 1 fully saturated rings. The zero-order valence-corrected chi connectivity index (χ0v) is 12.7. The second-order valence-corrected chi connectivity index (χ2v) is 5.29. The van der Waals surface area contributed by atoms with E-state index in [1.165, 1.54) is 6.08 Å². The van der Waals surface area contributed by atoms with Crippen LogP contribution in [0.25, 0.3) is 6.08 Å². The van der Waals surface area contributed by atoms with Crippen molar-refractivity contribution in [2.24, 2.45) is 7.05 Å². The van der Waals surface area contributed by atoms with E-state index in [9.17, 15) is 14.4 Å². The Bertz CT molecular complexity index is 848. The Balaban J connectivity index is 2.07. The average Bonchev–Trinajstić information content (AvgIpc) is 2.90. The summed E-state index contributed by atoms with van der Waals surface area (Å²) in [4.78, 5) is 37.9. The first-order valence-electron chi connectivity index (χ1n) is 7.07. The molecule has 23 heavy (non-hydrogen) atoms. The number of hydrogen-bond acceptors (Lipinski definition) is 3. The summed E-state index contributed by atoms with van der Waals surface area (Å²) in [5, 5.41) is 2.22. The number of benzene rings is 1. The van der Waals surface area contributed by atoms with Gasteiger partial charge >= 0.3 is 6.03 Å². The predicted octanol–water partition coefficient (Wildman–Crippen LogP) is 2.00. The summed E-state index contributed by atoms with van der Waals surface area (Å²) in [6.45, 7) is 1.80. The highest BCUT2D eigenvalue weighted by Gasteiger charge is 2.37. The molecule has 2 heterocycles. The van der Waals surface area contributed by atoms with Crippen molar-refractivity contribution in [3.63, 3.8) is 0 Å². The molecule has 0 aliphatic carbocycles. The van der Waals surface area contributed by atoms with Gasteiger partial charge < -0.3 is 4.57 Å². The SMILES string of the molecule is Cc1ccccc1N1C(=O)NC(=O)/C(=C\c2cccn2C)C1=O. The van der Waals surface area contributed by atoms with Crippen molar-refractivity contribution in [3.8, 4) is 0 Å². The van der Waals surface area contributed by atoms with Gasteiger partial charge in [0.25, 0.3) is 11.8 Å². The number of carbonyl (C=O) groups is 3. The number of urea groups is 1. The number of imide groups is 2. The molecule has 0 radical (unpaired) electrons. The zero-order chi connectivity index (χ0) is 16.6. The molecular formula is C17H15N3O3. The Morgan fingerprint density at radius 1 is 1.04 bits per heavy atom. The second kappa shape index (κ2) is 5.57. The molecule has 0 spiro atoms. The normalized spacial score (nSPS) is 16.9. The molecule has 6 heteroatoms. The minimum absolute atomic E-state index is 0.0744. The Morgan fingerprint density at radius 3 is 2.43 bits per heavy atom. The number of nitrogens with one attached hydrogen (secondary N) is 1. The molecule has 0 bridgehead atoms. The summed E-state index contributed by atoms with van der Waals surface area (Å²) in [7, 11) is 1.81. The molecule has 1 aliphatic heterocycles. The third kappa shape index (κ3) is 2.55. The van der Waals surface area contributed by atoms with E-state index < -0.39 is 17.8 Å². The quantitative estimate of drug-likeness (QED) is 0.681. The molecule has 0 atom stereocenters. The monoisotopic (exact) mass is 309 g/mol.